The van der Waals surface area contributed by atoms with E-state index >= 15 is 0 Å². The Morgan fingerprint density at radius 1 is 1.38 bits per heavy atom. The molecule has 0 spiro atoms. The molecule has 0 unspecified atom stereocenters. The molecule has 2 rings (SSSR count). The van der Waals surface area contributed by atoms with Gasteiger partial charge in [0.1, 0.15) is 18.0 Å². The number of aryl methyl sites for hydroxylation is 1. The summed E-state index contributed by atoms with van der Waals surface area (Å²) in [6, 6.07) is 5.43. The highest BCUT2D eigenvalue weighted by Gasteiger charge is 2.43. The fraction of sp³-hybridized carbons (Fsp3) is 0.467. The third-order valence-corrected chi connectivity index (χ3v) is 3.47. The first-order chi connectivity index (χ1) is 9.84. The van der Waals surface area contributed by atoms with Gasteiger partial charge in [-0.05, 0) is 26.0 Å². The van der Waals surface area contributed by atoms with Gasteiger partial charge in [0.05, 0.1) is 25.8 Å². The number of ether oxygens (including phenoxy) is 2. The SMILES string of the molecule is COc1ccc(C)cc1C(=O)N1CC(C)(OCC(=O)O)C1. The van der Waals surface area contributed by atoms with Gasteiger partial charge >= 0.3 is 5.97 Å². The zero-order chi connectivity index (χ0) is 15.6. The molecule has 1 aromatic carbocycles. The molecule has 1 aromatic rings. The number of carboxylic acid groups (broad SMARTS) is 1. The van der Waals surface area contributed by atoms with E-state index in [0.717, 1.165) is 5.56 Å². The van der Waals surface area contributed by atoms with Crippen LogP contribution in [0.5, 0.6) is 5.75 Å². The van der Waals surface area contributed by atoms with E-state index < -0.39 is 11.6 Å². The highest BCUT2D eigenvalue weighted by molar-refractivity contribution is 5.97. The van der Waals surface area contributed by atoms with E-state index in [4.69, 9.17) is 14.6 Å². The molecule has 1 N–H and O–H groups in total. The fourth-order valence-electron chi connectivity index (χ4n) is 2.39. The molecule has 21 heavy (non-hydrogen) atoms. The summed E-state index contributed by atoms with van der Waals surface area (Å²) in [5, 5.41) is 8.63. The van der Waals surface area contributed by atoms with E-state index in [1.54, 1.807) is 24.0 Å². The van der Waals surface area contributed by atoms with Crippen LogP contribution in [0.15, 0.2) is 18.2 Å². The van der Waals surface area contributed by atoms with Crippen LogP contribution in [0.4, 0.5) is 0 Å². The summed E-state index contributed by atoms with van der Waals surface area (Å²) in [4.78, 5) is 24.6. The van der Waals surface area contributed by atoms with Gasteiger partial charge in [-0.25, -0.2) is 4.79 Å². The molecule has 6 nitrogen and oxygen atoms in total. The van der Waals surface area contributed by atoms with Crippen molar-refractivity contribution in [3.05, 3.63) is 29.3 Å². The molecule has 1 amide bonds. The predicted octanol–water partition coefficient (Wildman–Crippen LogP) is 1.32. The van der Waals surface area contributed by atoms with Crippen LogP contribution >= 0.6 is 0 Å². The van der Waals surface area contributed by atoms with Gasteiger partial charge in [0.2, 0.25) is 0 Å². The minimum atomic E-state index is -1.01. The summed E-state index contributed by atoms with van der Waals surface area (Å²) in [6.07, 6.45) is 0. The molecular formula is C15H19NO5. The average molecular weight is 293 g/mol. The van der Waals surface area contributed by atoms with Crippen molar-refractivity contribution >= 4 is 11.9 Å². The molecule has 1 aliphatic heterocycles. The van der Waals surface area contributed by atoms with Gasteiger partial charge in [0.15, 0.2) is 0 Å². The largest absolute Gasteiger partial charge is 0.496 e. The topological polar surface area (TPSA) is 76.1 Å². The molecular weight excluding hydrogens is 274 g/mol. The lowest BCUT2D eigenvalue weighted by Gasteiger charge is -2.47. The molecule has 0 radical (unpaired) electrons. The molecule has 6 heteroatoms. The number of likely N-dealkylation sites (tertiary alicyclic amines) is 1. The van der Waals surface area contributed by atoms with Crippen LogP contribution in [0.3, 0.4) is 0 Å². The molecule has 1 fully saturated rings. The van der Waals surface area contributed by atoms with Crippen molar-refractivity contribution in [2.24, 2.45) is 0 Å². The molecule has 0 bridgehead atoms. The maximum Gasteiger partial charge on any atom is 0.329 e. The fourth-order valence-corrected chi connectivity index (χ4v) is 2.39. The number of carboxylic acids is 1. The Morgan fingerprint density at radius 2 is 2.05 bits per heavy atom. The van der Waals surface area contributed by atoms with Crippen molar-refractivity contribution in [3.8, 4) is 5.75 Å². The van der Waals surface area contributed by atoms with E-state index in [-0.39, 0.29) is 12.5 Å². The first-order valence-electron chi connectivity index (χ1n) is 6.64. The first-order valence-corrected chi connectivity index (χ1v) is 6.64. The molecule has 0 atom stereocenters. The number of carbonyl (C=O) groups is 2. The maximum absolute atomic E-state index is 12.5. The normalized spacial score (nSPS) is 16.2. The third kappa shape index (κ3) is 3.33. The zero-order valence-electron chi connectivity index (χ0n) is 12.4. The van der Waals surface area contributed by atoms with Gasteiger partial charge in [-0.1, -0.05) is 11.6 Å². The van der Waals surface area contributed by atoms with Crippen LogP contribution in [0, 0.1) is 6.92 Å². The highest BCUT2D eigenvalue weighted by atomic mass is 16.5. The monoisotopic (exact) mass is 293 g/mol. The van der Waals surface area contributed by atoms with Crippen molar-refractivity contribution < 1.29 is 24.2 Å². The van der Waals surface area contributed by atoms with Gasteiger partial charge in [0.25, 0.3) is 5.91 Å². The maximum atomic E-state index is 12.5. The van der Waals surface area contributed by atoms with Crippen LogP contribution in [-0.2, 0) is 9.53 Å². The lowest BCUT2D eigenvalue weighted by atomic mass is 9.95. The number of methoxy groups -OCH3 is 1. The van der Waals surface area contributed by atoms with Crippen molar-refractivity contribution in [2.45, 2.75) is 19.4 Å². The van der Waals surface area contributed by atoms with E-state index in [9.17, 15) is 9.59 Å². The van der Waals surface area contributed by atoms with Gasteiger partial charge in [-0.3, -0.25) is 4.79 Å². The first kappa shape index (κ1) is 15.3. The smallest absolute Gasteiger partial charge is 0.329 e. The number of amides is 1. The molecule has 1 saturated heterocycles. The Morgan fingerprint density at radius 3 is 2.62 bits per heavy atom. The predicted molar refractivity (Wildman–Crippen MR) is 75.6 cm³/mol. The Kier molecular flexibility index (Phi) is 4.18. The summed E-state index contributed by atoms with van der Waals surface area (Å²) >= 11 is 0. The molecule has 1 heterocycles. The number of rotatable bonds is 5. The summed E-state index contributed by atoms with van der Waals surface area (Å²) in [6.45, 7) is 4.10. The molecule has 0 aromatic heterocycles. The lowest BCUT2D eigenvalue weighted by Crippen LogP contribution is -2.63. The van der Waals surface area contributed by atoms with Gasteiger partial charge in [-0.2, -0.15) is 0 Å². The van der Waals surface area contributed by atoms with Gasteiger partial charge < -0.3 is 19.5 Å². The van der Waals surface area contributed by atoms with Crippen molar-refractivity contribution in [3.63, 3.8) is 0 Å². The van der Waals surface area contributed by atoms with Crippen molar-refractivity contribution in [1.29, 1.82) is 0 Å². The number of nitrogens with zero attached hydrogens (tertiary/aromatic N) is 1. The Balaban J connectivity index is 2.04. The number of hydrogen-bond donors (Lipinski definition) is 1. The van der Waals surface area contributed by atoms with Crippen LogP contribution in [0.2, 0.25) is 0 Å². The summed E-state index contributed by atoms with van der Waals surface area (Å²) in [5.74, 6) is -0.612. The summed E-state index contributed by atoms with van der Waals surface area (Å²) in [5.41, 5.74) is 0.896. The van der Waals surface area contributed by atoms with Crippen LogP contribution < -0.4 is 4.74 Å². The summed E-state index contributed by atoms with van der Waals surface area (Å²) in [7, 11) is 1.53. The second-order valence-corrected chi connectivity index (χ2v) is 5.50. The van der Waals surface area contributed by atoms with E-state index in [2.05, 4.69) is 0 Å². The number of hydrogen-bond acceptors (Lipinski definition) is 4. The Bertz CT molecular complexity index is 563. The summed E-state index contributed by atoms with van der Waals surface area (Å²) < 4.78 is 10.5. The standard InChI is InChI=1S/C15H19NO5/c1-10-4-5-12(20-3)11(6-10)14(19)16-8-15(2,9-16)21-7-13(17)18/h4-6H,7-9H2,1-3H3,(H,17,18). The zero-order valence-corrected chi connectivity index (χ0v) is 12.4. The minimum Gasteiger partial charge on any atom is -0.496 e. The van der Waals surface area contributed by atoms with Crippen molar-refractivity contribution in [2.75, 3.05) is 26.8 Å². The molecule has 0 aliphatic carbocycles. The second-order valence-electron chi connectivity index (χ2n) is 5.50. The number of carbonyl (C=O) groups excluding carboxylic acids is 1. The second kappa shape index (κ2) is 5.73. The quantitative estimate of drug-likeness (QED) is 0.886. The van der Waals surface area contributed by atoms with Crippen molar-refractivity contribution in [1.82, 2.24) is 4.90 Å². The lowest BCUT2D eigenvalue weighted by molar-refractivity contribution is -0.159. The van der Waals surface area contributed by atoms with E-state index in [1.165, 1.54) is 7.11 Å². The van der Waals surface area contributed by atoms with Gasteiger partial charge in [-0.15, -0.1) is 0 Å². The van der Waals surface area contributed by atoms with E-state index in [1.807, 2.05) is 13.0 Å². The molecule has 1 aliphatic rings. The Labute approximate surface area is 123 Å². The Hall–Kier alpha value is -2.08. The minimum absolute atomic E-state index is 0.132. The van der Waals surface area contributed by atoms with Gasteiger partial charge in [0, 0.05) is 0 Å². The number of aliphatic carboxylic acids is 1. The van der Waals surface area contributed by atoms with Crippen LogP contribution in [-0.4, -0.2) is 54.3 Å². The number of benzene rings is 1. The third-order valence-electron chi connectivity index (χ3n) is 3.47. The van der Waals surface area contributed by atoms with Crippen LogP contribution in [0.1, 0.15) is 22.8 Å². The highest BCUT2D eigenvalue weighted by Crippen LogP contribution is 2.29. The molecule has 0 saturated carbocycles. The average Bonchev–Trinajstić information content (AvgIpc) is 2.41. The molecule has 114 valence electrons. The van der Waals surface area contributed by atoms with Crippen LogP contribution in [0.25, 0.3) is 0 Å². The van der Waals surface area contributed by atoms with E-state index in [0.29, 0.717) is 24.4 Å².